The zero-order valence-corrected chi connectivity index (χ0v) is 13.9. The maximum Gasteiger partial charge on any atom is 0.222 e. The van der Waals surface area contributed by atoms with Crippen LogP contribution in [0.2, 0.25) is 0 Å². The Balaban J connectivity index is 1.73. The maximum atomic E-state index is 12.0. The fourth-order valence-electron chi connectivity index (χ4n) is 2.40. The van der Waals surface area contributed by atoms with E-state index in [2.05, 4.69) is 36.0 Å². The molecule has 1 N–H and O–H groups in total. The Bertz CT molecular complexity index is 462. The van der Waals surface area contributed by atoms with E-state index in [1.165, 1.54) is 0 Å². The molecule has 1 aromatic rings. The molecule has 1 atom stereocenters. The number of rotatable bonds is 6. The largest absolute Gasteiger partial charge is 0.375 e. The van der Waals surface area contributed by atoms with E-state index in [4.69, 9.17) is 4.74 Å². The lowest BCUT2D eigenvalue weighted by atomic mass is 10.1. The number of ether oxygens (including phenoxy) is 1. The first-order valence-electron chi connectivity index (χ1n) is 7.64. The van der Waals surface area contributed by atoms with Crippen molar-refractivity contribution in [3.63, 3.8) is 0 Å². The van der Waals surface area contributed by atoms with E-state index in [-0.39, 0.29) is 12.0 Å². The van der Waals surface area contributed by atoms with Crippen molar-refractivity contribution in [2.75, 3.05) is 19.7 Å². The van der Waals surface area contributed by atoms with E-state index in [0.29, 0.717) is 25.6 Å². The van der Waals surface area contributed by atoms with Gasteiger partial charge in [-0.05, 0) is 20.3 Å². The molecule has 1 aromatic heterocycles. The van der Waals surface area contributed by atoms with E-state index in [0.717, 1.165) is 30.2 Å². The van der Waals surface area contributed by atoms with E-state index >= 15 is 0 Å². The van der Waals surface area contributed by atoms with Crippen LogP contribution in [-0.2, 0) is 22.5 Å². The number of amides is 1. The van der Waals surface area contributed by atoms with Gasteiger partial charge in [0.2, 0.25) is 5.91 Å². The molecular weight excluding hydrogens is 286 g/mol. The molecule has 0 bridgehead atoms. The summed E-state index contributed by atoms with van der Waals surface area (Å²) >= 11 is 1.65. The number of aryl methyl sites for hydroxylation is 1. The van der Waals surface area contributed by atoms with Crippen molar-refractivity contribution in [1.29, 1.82) is 0 Å². The second kappa shape index (κ2) is 7.87. The highest BCUT2D eigenvalue weighted by Gasteiger charge is 2.24. The number of morpholine rings is 1. The molecule has 6 heteroatoms. The summed E-state index contributed by atoms with van der Waals surface area (Å²) in [5.41, 5.74) is 0.943. The third kappa shape index (κ3) is 5.05. The summed E-state index contributed by atoms with van der Waals surface area (Å²) in [7, 11) is 0. The molecule has 0 radical (unpaired) electrons. The van der Waals surface area contributed by atoms with E-state index in [1.807, 2.05) is 5.38 Å². The van der Waals surface area contributed by atoms with Gasteiger partial charge >= 0.3 is 0 Å². The molecule has 1 amide bonds. The molecule has 2 rings (SSSR count). The minimum atomic E-state index is 0.00258. The molecule has 1 aliphatic rings. The summed E-state index contributed by atoms with van der Waals surface area (Å²) in [6, 6.07) is 0.502. The van der Waals surface area contributed by atoms with Gasteiger partial charge < -0.3 is 10.1 Å². The van der Waals surface area contributed by atoms with E-state index in [1.54, 1.807) is 11.3 Å². The van der Waals surface area contributed by atoms with Crippen molar-refractivity contribution in [1.82, 2.24) is 15.2 Å². The Morgan fingerprint density at radius 1 is 1.62 bits per heavy atom. The number of nitrogens with one attached hydrogen (secondary N) is 1. The Morgan fingerprint density at radius 2 is 2.43 bits per heavy atom. The SMILES string of the molecule is CCc1nc(CNC(=O)CC2CN(C(C)C)CCO2)cs1. The monoisotopic (exact) mass is 311 g/mol. The maximum absolute atomic E-state index is 12.0. The standard InChI is InChI=1S/C15H25N3O2S/c1-4-15-17-12(10-21-15)8-16-14(19)7-13-9-18(11(2)3)5-6-20-13/h10-11,13H,4-9H2,1-3H3,(H,16,19). The number of hydrogen-bond donors (Lipinski definition) is 1. The Labute approximate surface area is 130 Å². The highest BCUT2D eigenvalue weighted by atomic mass is 32.1. The van der Waals surface area contributed by atoms with Crippen molar-refractivity contribution >= 4 is 17.2 Å². The van der Waals surface area contributed by atoms with Gasteiger partial charge in [0.15, 0.2) is 0 Å². The average molecular weight is 311 g/mol. The van der Waals surface area contributed by atoms with Crippen molar-refractivity contribution in [3.05, 3.63) is 16.1 Å². The summed E-state index contributed by atoms with van der Waals surface area (Å²) in [4.78, 5) is 18.8. The van der Waals surface area contributed by atoms with Gasteiger partial charge in [-0.1, -0.05) is 6.92 Å². The number of thiazole rings is 1. The molecule has 0 aliphatic carbocycles. The quantitative estimate of drug-likeness (QED) is 0.871. The molecule has 1 fully saturated rings. The molecule has 1 unspecified atom stereocenters. The molecular formula is C15H25N3O2S. The normalized spacial score (nSPS) is 19.9. The average Bonchev–Trinajstić information content (AvgIpc) is 2.93. The highest BCUT2D eigenvalue weighted by Crippen LogP contribution is 2.12. The van der Waals surface area contributed by atoms with Crippen LogP contribution in [0.1, 0.15) is 37.9 Å². The first kappa shape index (κ1) is 16.4. The lowest BCUT2D eigenvalue weighted by Gasteiger charge is -2.35. The Kier molecular flexibility index (Phi) is 6.14. The molecule has 118 valence electrons. The topological polar surface area (TPSA) is 54.5 Å². The molecule has 5 nitrogen and oxygen atoms in total. The lowest BCUT2D eigenvalue weighted by Crippen LogP contribution is -2.47. The van der Waals surface area contributed by atoms with Crippen molar-refractivity contribution in [3.8, 4) is 0 Å². The predicted molar refractivity (Wildman–Crippen MR) is 84.4 cm³/mol. The number of carbonyl (C=O) groups excluding carboxylic acids is 1. The molecule has 1 saturated heterocycles. The van der Waals surface area contributed by atoms with Crippen molar-refractivity contribution in [2.24, 2.45) is 0 Å². The first-order chi connectivity index (χ1) is 10.1. The zero-order chi connectivity index (χ0) is 15.2. The molecule has 0 saturated carbocycles. The van der Waals surface area contributed by atoms with Gasteiger partial charge in [0.1, 0.15) is 0 Å². The van der Waals surface area contributed by atoms with Crippen LogP contribution in [0.4, 0.5) is 0 Å². The number of hydrogen-bond acceptors (Lipinski definition) is 5. The van der Waals surface area contributed by atoms with Crippen LogP contribution in [0.25, 0.3) is 0 Å². The fourth-order valence-corrected chi connectivity index (χ4v) is 3.14. The van der Waals surface area contributed by atoms with E-state index in [9.17, 15) is 4.79 Å². The summed E-state index contributed by atoms with van der Waals surface area (Å²) in [5.74, 6) is 0.0386. The zero-order valence-electron chi connectivity index (χ0n) is 13.1. The van der Waals surface area contributed by atoms with Crippen LogP contribution in [0.15, 0.2) is 5.38 Å². The molecule has 21 heavy (non-hydrogen) atoms. The third-order valence-corrected chi connectivity index (χ3v) is 4.72. The van der Waals surface area contributed by atoms with Gasteiger partial charge in [0, 0.05) is 24.5 Å². The minimum absolute atomic E-state index is 0.00258. The van der Waals surface area contributed by atoms with Crippen molar-refractivity contribution in [2.45, 2.75) is 52.3 Å². The van der Waals surface area contributed by atoms with Crippen LogP contribution < -0.4 is 5.32 Å². The number of carbonyl (C=O) groups is 1. The summed E-state index contributed by atoms with van der Waals surface area (Å²) in [5, 5.41) is 6.06. The molecule has 0 aromatic carbocycles. The van der Waals surface area contributed by atoms with Gasteiger partial charge in [-0.2, -0.15) is 0 Å². The van der Waals surface area contributed by atoms with Crippen LogP contribution >= 0.6 is 11.3 Å². The summed E-state index contributed by atoms with van der Waals surface area (Å²) in [6.45, 7) is 9.45. The molecule has 2 heterocycles. The van der Waals surface area contributed by atoms with Gasteiger partial charge in [-0.3, -0.25) is 9.69 Å². The van der Waals surface area contributed by atoms with Crippen molar-refractivity contribution < 1.29 is 9.53 Å². The summed E-state index contributed by atoms with van der Waals surface area (Å²) < 4.78 is 5.69. The second-order valence-corrected chi connectivity index (χ2v) is 6.59. The highest BCUT2D eigenvalue weighted by molar-refractivity contribution is 7.09. The van der Waals surface area contributed by atoms with Crippen LogP contribution in [0.3, 0.4) is 0 Å². The third-order valence-electron chi connectivity index (χ3n) is 3.68. The number of aromatic nitrogens is 1. The smallest absolute Gasteiger partial charge is 0.222 e. The van der Waals surface area contributed by atoms with Crippen LogP contribution in [0, 0.1) is 0 Å². The number of nitrogens with zero attached hydrogens (tertiary/aromatic N) is 2. The van der Waals surface area contributed by atoms with Crippen LogP contribution in [0.5, 0.6) is 0 Å². The fraction of sp³-hybridized carbons (Fsp3) is 0.733. The first-order valence-corrected chi connectivity index (χ1v) is 8.52. The second-order valence-electron chi connectivity index (χ2n) is 5.65. The van der Waals surface area contributed by atoms with Gasteiger partial charge in [0.05, 0.1) is 36.4 Å². The van der Waals surface area contributed by atoms with Gasteiger partial charge in [0.25, 0.3) is 0 Å². The minimum Gasteiger partial charge on any atom is -0.375 e. The molecule has 1 aliphatic heterocycles. The van der Waals surface area contributed by atoms with Gasteiger partial charge in [-0.15, -0.1) is 11.3 Å². The Hall–Kier alpha value is -0.980. The Morgan fingerprint density at radius 3 is 3.10 bits per heavy atom. The molecule has 0 spiro atoms. The predicted octanol–water partition coefficient (Wildman–Crippen LogP) is 1.82. The van der Waals surface area contributed by atoms with E-state index < -0.39 is 0 Å². The summed E-state index contributed by atoms with van der Waals surface area (Å²) in [6.07, 6.45) is 1.37. The lowest BCUT2D eigenvalue weighted by molar-refractivity contribution is -0.126. The van der Waals surface area contributed by atoms with Gasteiger partial charge in [-0.25, -0.2) is 4.98 Å². The van der Waals surface area contributed by atoms with Crippen LogP contribution in [-0.4, -0.2) is 47.6 Å².